The van der Waals surface area contributed by atoms with Gasteiger partial charge in [0.15, 0.2) is 0 Å². The highest BCUT2D eigenvalue weighted by Crippen LogP contribution is 2.31. The number of nitrogens with zero attached hydrogens (tertiary/aromatic N) is 2. The van der Waals surface area contributed by atoms with Crippen molar-refractivity contribution in [2.75, 3.05) is 0 Å². The molecule has 0 saturated heterocycles. The molecular weight excluding hydrogens is 284 g/mol. The first kappa shape index (κ1) is 13.8. The predicted octanol–water partition coefficient (Wildman–Crippen LogP) is 4.68. The summed E-state index contributed by atoms with van der Waals surface area (Å²) in [5, 5.41) is 7.79. The number of aromatic nitrogens is 2. The first-order valence-electron chi connectivity index (χ1n) is 6.76. The number of hydrogen-bond acceptors (Lipinski definition) is 3. The summed E-state index contributed by atoms with van der Waals surface area (Å²) in [6.07, 6.45) is 0. The lowest BCUT2D eigenvalue weighted by molar-refractivity contribution is 0.513. The molecule has 0 fully saturated rings. The highest BCUT2D eigenvalue weighted by atomic mass is 35.5. The minimum Gasteiger partial charge on any atom is -0.419 e. The minimum absolute atomic E-state index is 0.416. The van der Waals surface area contributed by atoms with Gasteiger partial charge in [-0.05, 0) is 36.6 Å². The maximum atomic E-state index is 6.41. The smallest absolute Gasteiger partial charge is 0.248 e. The van der Waals surface area contributed by atoms with Crippen LogP contribution in [0, 0.1) is 13.8 Å². The highest BCUT2D eigenvalue weighted by Gasteiger charge is 2.19. The lowest BCUT2D eigenvalue weighted by atomic mass is 10.0. The first-order valence-corrected chi connectivity index (χ1v) is 7.19. The summed E-state index contributed by atoms with van der Waals surface area (Å²) in [5.41, 5.74) is 4.22. The van der Waals surface area contributed by atoms with E-state index < -0.39 is 5.38 Å². The van der Waals surface area contributed by atoms with Crippen LogP contribution >= 0.6 is 11.6 Å². The minimum atomic E-state index is -0.433. The van der Waals surface area contributed by atoms with E-state index in [9.17, 15) is 0 Å². The summed E-state index contributed by atoms with van der Waals surface area (Å²) in [6.45, 7) is 4.11. The molecule has 2 aromatic carbocycles. The zero-order chi connectivity index (χ0) is 14.8. The molecule has 0 saturated carbocycles. The van der Waals surface area contributed by atoms with Gasteiger partial charge in [-0.2, -0.15) is 0 Å². The zero-order valence-corrected chi connectivity index (χ0v) is 12.6. The van der Waals surface area contributed by atoms with Crippen molar-refractivity contribution in [3.05, 3.63) is 71.1 Å². The number of halogens is 1. The van der Waals surface area contributed by atoms with Gasteiger partial charge in [-0.1, -0.05) is 42.5 Å². The van der Waals surface area contributed by atoms with Crippen LogP contribution in [0.3, 0.4) is 0 Å². The maximum absolute atomic E-state index is 6.41. The van der Waals surface area contributed by atoms with E-state index >= 15 is 0 Å². The number of aryl methyl sites for hydroxylation is 1. The fourth-order valence-corrected chi connectivity index (χ4v) is 2.43. The van der Waals surface area contributed by atoms with E-state index in [-0.39, 0.29) is 0 Å². The van der Waals surface area contributed by atoms with Gasteiger partial charge in [-0.25, -0.2) is 0 Å². The molecule has 106 valence electrons. The summed E-state index contributed by atoms with van der Waals surface area (Å²) in [5.74, 6) is 0.923. The largest absolute Gasteiger partial charge is 0.419 e. The van der Waals surface area contributed by atoms with Gasteiger partial charge in [0.05, 0.1) is 0 Å². The average Bonchev–Trinajstić information content (AvgIpc) is 3.00. The molecule has 1 atom stereocenters. The number of benzene rings is 2. The van der Waals surface area contributed by atoms with E-state index in [1.54, 1.807) is 0 Å². The molecular formula is C17H15ClN2O. The molecule has 0 aliphatic rings. The molecule has 0 aliphatic heterocycles. The average molecular weight is 299 g/mol. The first-order chi connectivity index (χ1) is 10.2. The van der Waals surface area contributed by atoms with Gasteiger partial charge in [-0.15, -0.1) is 21.8 Å². The fraction of sp³-hybridized carbons (Fsp3) is 0.176. The van der Waals surface area contributed by atoms with Crippen LogP contribution in [-0.4, -0.2) is 10.2 Å². The molecule has 0 radical (unpaired) electrons. The quantitative estimate of drug-likeness (QED) is 0.659. The molecule has 0 amide bonds. The molecule has 0 N–H and O–H groups in total. The molecule has 21 heavy (non-hydrogen) atoms. The lowest BCUT2D eigenvalue weighted by Crippen LogP contribution is -1.92. The Morgan fingerprint density at radius 2 is 1.71 bits per heavy atom. The van der Waals surface area contributed by atoms with Crippen molar-refractivity contribution in [1.29, 1.82) is 0 Å². The summed E-state index contributed by atoms with van der Waals surface area (Å²) >= 11 is 6.41. The molecule has 0 aliphatic carbocycles. The molecule has 4 heteroatoms. The van der Waals surface area contributed by atoms with Gasteiger partial charge >= 0.3 is 0 Å². The Balaban J connectivity index is 1.95. The van der Waals surface area contributed by atoms with E-state index in [0.29, 0.717) is 11.8 Å². The third-order valence-corrected chi connectivity index (χ3v) is 4.02. The van der Waals surface area contributed by atoms with Crippen LogP contribution in [0.2, 0.25) is 0 Å². The normalized spacial score (nSPS) is 12.3. The Hall–Kier alpha value is -2.13. The Bertz CT molecular complexity index is 752. The summed E-state index contributed by atoms with van der Waals surface area (Å²) < 4.78 is 5.77. The van der Waals surface area contributed by atoms with Crippen molar-refractivity contribution in [3.63, 3.8) is 0 Å². The van der Waals surface area contributed by atoms with Crippen LogP contribution in [0.15, 0.2) is 52.9 Å². The molecule has 1 heterocycles. The second-order valence-electron chi connectivity index (χ2n) is 4.97. The molecule has 0 spiro atoms. The Kier molecular flexibility index (Phi) is 3.76. The summed E-state index contributed by atoms with van der Waals surface area (Å²) in [6, 6.07) is 15.7. The third kappa shape index (κ3) is 2.69. The molecule has 1 unspecified atom stereocenters. The SMILES string of the molecule is Cc1cccc(-c2nnc(C(Cl)c3ccccc3)o2)c1C. The second-order valence-corrected chi connectivity index (χ2v) is 5.40. The third-order valence-electron chi connectivity index (χ3n) is 3.58. The Labute approximate surface area is 128 Å². The lowest BCUT2D eigenvalue weighted by Gasteiger charge is -2.05. The van der Waals surface area contributed by atoms with E-state index in [4.69, 9.17) is 16.0 Å². The van der Waals surface area contributed by atoms with Crippen LogP contribution in [-0.2, 0) is 0 Å². The molecule has 3 nitrogen and oxygen atoms in total. The second kappa shape index (κ2) is 5.70. The Morgan fingerprint density at radius 3 is 2.48 bits per heavy atom. The van der Waals surface area contributed by atoms with E-state index in [1.807, 2.05) is 49.4 Å². The zero-order valence-electron chi connectivity index (χ0n) is 11.9. The van der Waals surface area contributed by atoms with Gasteiger partial charge < -0.3 is 4.42 Å². The molecule has 1 aromatic heterocycles. The van der Waals surface area contributed by atoms with Gasteiger partial charge in [0.25, 0.3) is 0 Å². The van der Waals surface area contributed by atoms with E-state index in [1.165, 1.54) is 5.56 Å². The highest BCUT2D eigenvalue weighted by molar-refractivity contribution is 6.22. The maximum Gasteiger partial charge on any atom is 0.248 e. The van der Waals surface area contributed by atoms with Crippen LogP contribution in [0.1, 0.15) is 28.0 Å². The van der Waals surface area contributed by atoms with Gasteiger partial charge in [0.1, 0.15) is 5.38 Å². The van der Waals surface area contributed by atoms with Gasteiger partial charge in [-0.3, -0.25) is 0 Å². The monoisotopic (exact) mass is 298 g/mol. The fourth-order valence-electron chi connectivity index (χ4n) is 2.19. The summed E-state index contributed by atoms with van der Waals surface area (Å²) in [7, 11) is 0. The van der Waals surface area contributed by atoms with Crippen LogP contribution in [0.5, 0.6) is 0 Å². The van der Waals surface area contributed by atoms with E-state index in [0.717, 1.165) is 16.7 Å². The van der Waals surface area contributed by atoms with Gasteiger partial charge in [0.2, 0.25) is 11.8 Å². The number of alkyl halides is 1. The van der Waals surface area contributed by atoms with Crippen molar-refractivity contribution < 1.29 is 4.42 Å². The van der Waals surface area contributed by atoms with Crippen LogP contribution < -0.4 is 0 Å². The molecule has 3 rings (SSSR count). The standard InChI is InChI=1S/C17H15ClN2O/c1-11-7-6-10-14(12(11)2)16-19-20-17(21-16)15(18)13-8-4-3-5-9-13/h3-10,15H,1-2H3. The van der Waals surface area contributed by atoms with Gasteiger partial charge in [0, 0.05) is 5.56 Å². The van der Waals surface area contributed by atoms with Crippen molar-refractivity contribution in [1.82, 2.24) is 10.2 Å². The topological polar surface area (TPSA) is 38.9 Å². The summed E-state index contributed by atoms with van der Waals surface area (Å²) in [4.78, 5) is 0. The van der Waals surface area contributed by atoms with Crippen molar-refractivity contribution in [2.45, 2.75) is 19.2 Å². The Morgan fingerprint density at radius 1 is 0.952 bits per heavy atom. The number of hydrogen-bond donors (Lipinski definition) is 0. The van der Waals surface area contributed by atoms with Crippen molar-refractivity contribution in [2.24, 2.45) is 0 Å². The number of rotatable bonds is 3. The van der Waals surface area contributed by atoms with Crippen LogP contribution in [0.25, 0.3) is 11.5 Å². The predicted molar refractivity (Wildman–Crippen MR) is 83.3 cm³/mol. The van der Waals surface area contributed by atoms with Crippen molar-refractivity contribution in [3.8, 4) is 11.5 Å². The molecule has 0 bridgehead atoms. The molecule has 3 aromatic rings. The van der Waals surface area contributed by atoms with Crippen molar-refractivity contribution >= 4 is 11.6 Å². The van der Waals surface area contributed by atoms with Crippen LogP contribution in [0.4, 0.5) is 0 Å². The van der Waals surface area contributed by atoms with E-state index in [2.05, 4.69) is 23.2 Å².